The summed E-state index contributed by atoms with van der Waals surface area (Å²) >= 11 is 0. The normalized spacial score (nSPS) is 16.3. The van der Waals surface area contributed by atoms with Crippen LogP contribution >= 0.6 is 0 Å². The first-order valence-corrected chi connectivity index (χ1v) is 8.37. The lowest BCUT2D eigenvalue weighted by Gasteiger charge is -2.35. The first kappa shape index (κ1) is 16.1. The lowest BCUT2D eigenvalue weighted by Crippen LogP contribution is -2.39. The summed E-state index contributed by atoms with van der Waals surface area (Å²) in [4.78, 5) is 28.2. The second-order valence-corrected chi connectivity index (χ2v) is 6.30. The maximum absolute atomic E-state index is 12.4. The van der Waals surface area contributed by atoms with Crippen molar-refractivity contribution in [2.45, 2.75) is 12.5 Å². The second-order valence-electron chi connectivity index (χ2n) is 6.30. The van der Waals surface area contributed by atoms with Crippen LogP contribution in [-0.4, -0.2) is 27.3 Å². The highest BCUT2D eigenvalue weighted by molar-refractivity contribution is 5.90. The van der Waals surface area contributed by atoms with Gasteiger partial charge in [-0.2, -0.15) is 0 Å². The summed E-state index contributed by atoms with van der Waals surface area (Å²) < 4.78 is 0. The Bertz CT molecular complexity index is 1020. The summed E-state index contributed by atoms with van der Waals surface area (Å²) in [5.74, 6) is -0.155. The standard InChI is InChI=1S/C20H17N3O3/c1-2-18(24)22-12-11-16-15-5-3-4-6-17(15)21-19(16)20(22)13-7-9-14(10-8-13)23(25)26/h2-10,20-21H,1,11-12H2. The molecule has 0 radical (unpaired) electrons. The topological polar surface area (TPSA) is 79.2 Å². The number of nitro benzene ring substituents is 1. The predicted octanol–water partition coefficient (Wildman–Crippen LogP) is 3.74. The third-order valence-electron chi connectivity index (χ3n) is 4.91. The fraction of sp³-hybridized carbons (Fsp3) is 0.150. The van der Waals surface area contributed by atoms with Gasteiger partial charge in [-0.1, -0.05) is 24.8 Å². The lowest BCUT2D eigenvalue weighted by molar-refractivity contribution is -0.384. The van der Waals surface area contributed by atoms with Crippen LogP contribution in [0.2, 0.25) is 0 Å². The van der Waals surface area contributed by atoms with Crippen LogP contribution in [0.3, 0.4) is 0 Å². The average Bonchev–Trinajstić information content (AvgIpc) is 3.05. The van der Waals surface area contributed by atoms with Crippen LogP contribution in [0.15, 0.2) is 61.2 Å². The number of fused-ring (bicyclic) bond motifs is 3. The number of hydrogen-bond acceptors (Lipinski definition) is 3. The van der Waals surface area contributed by atoms with E-state index < -0.39 is 4.92 Å². The Hall–Kier alpha value is -3.41. The molecule has 26 heavy (non-hydrogen) atoms. The zero-order valence-corrected chi connectivity index (χ0v) is 14.0. The van der Waals surface area contributed by atoms with Gasteiger partial charge in [0.2, 0.25) is 5.91 Å². The lowest BCUT2D eigenvalue weighted by atomic mass is 9.92. The number of para-hydroxylation sites is 1. The van der Waals surface area contributed by atoms with E-state index in [1.165, 1.54) is 23.8 Å². The molecule has 2 heterocycles. The smallest absolute Gasteiger partial charge is 0.269 e. The van der Waals surface area contributed by atoms with Crippen LogP contribution in [0.1, 0.15) is 22.9 Å². The Morgan fingerprint density at radius 3 is 2.65 bits per heavy atom. The molecular weight excluding hydrogens is 330 g/mol. The van der Waals surface area contributed by atoms with Crippen LogP contribution in [-0.2, 0) is 11.2 Å². The molecule has 2 aromatic carbocycles. The SMILES string of the molecule is C=CC(=O)N1CCc2c([nH]c3ccccc23)C1c1ccc([N+](=O)[O-])cc1. The number of amides is 1. The molecule has 0 saturated carbocycles. The van der Waals surface area contributed by atoms with Crippen molar-refractivity contribution in [1.82, 2.24) is 9.88 Å². The molecule has 1 N–H and O–H groups in total. The van der Waals surface area contributed by atoms with E-state index >= 15 is 0 Å². The van der Waals surface area contributed by atoms with Gasteiger partial charge in [0.05, 0.1) is 11.0 Å². The van der Waals surface area contributed by atoms with Gasteiger partial charge in [0.15, 0.2) is 0 Å². The number of nitrogens with one attached hydrogen (secondary N) is 1. The minimum atomic E-state index is -0.425. The van der Waals surface area contributed by atoms with Gasteiger partial charge >= 0.3 is 0 Å². The third kappa shape index (κ3) is 2.47. The highest BCUT2D eigenvalue weighted by Crippen LogP contribution is 2.38. The first-order chi connectivity index (χ1) is 12.6. The number of carbonyl (C=O) groups excluding carboxylic acids is 1. The van der Waals surface area contributed by atoms with Crippen molar-refractivity contribution in [2.75, 3.05) is 6.54 Å². The molecule has 3 aromatic rings. The Kier molecular flexibility index (Phi) is 3.80. The molecule has 0 aliphatic carbocycles. The number of carbonyl (C=O) groups is 1. The van der Waals surface area contributed by atoms with Crippen LogP contribution in [0.25, 0.3) is 10.9 Å². The number of H-pyrrole nitrogens is 1. The number of aromatic nitrogens is 1. The number of non-ortho nitro benzene ring substituents is 1. The van der Waals surface area contributed by atoms with Crippen LogP contribution in [0.5, 0.6) is 0 Å². The summed E-state index contributed by atoms with van der Waals surface area (Å²) in [6.45, 7) is 4.18. The van der Waals surface area contributed by atoms with Crippen molar-refractivity contribution in [3.63, 3.8) is 0 Å². The molecule has 6 nitrogen and oxygen atoms in total. The van der Waals surface area contributed by atoms with Crippen LogP contribution < -0.4 is 0 Å². The molecule has 1 atom stereocenters. The fourth-order valence-electron chi connectivity index (χ4n) is 3.72. The van der Waals surface area contributed by atoms with Gasteiger partial charge in [-0.3, -0.25) is 14.9 Å². The molecule has 1 aliphatic heterocycles. The van der Waals surface area contributed by atoms with Gasteiger partial charge < -0.3 is 9.88 Å². The minimum absolute atomic E-state index is 0.0306. The molecule has 6 heteroatoms. The molecule has 1 amide bonds. The van der Waals surface area contributed by atoms with E-state index in [1.807, 2.05) is 18.2 Å². The molecule has 0 saturated heterocycles. The van der Waals surface area contributed by atoms with E-state index in [-0.39, 0.29) is 17.6 Å². The zero-order chi connectivity index (χ0) is 18.3. The van der Waals surface area contributed by atoms with E-state index in [1.54, 1.807) is 17.0 Å². The zero-order valence-electron chi connectivity index (χ0n) is 14.0. The maximum Gasteiger partial charge on any atom is 0.269 e. The van der Waals surface area contributed by atoms with Crippen LogP contribution in [0, 0.1) is 10.1 Å². The highest BCUT2D eigenvalue weighted by Gasteiger charge is 2.33. The van der Waals surface area contributed by atoms with Gasteiger partial charge in [-0.05, 0) is 41.8 Å². The number of aromatic amines is 1. The van der Waals surface area contributed by atoms with Crippen molar-refractivity contribution in [2.24, 2.45) is 0 Å². The molecule has 130 valence electrons. The fourth-order valence-corrected chi connectivity index (χ4v) is 3.72. The van der Waals surface area contributed by atoms with E-state index in [0.717, 1.165) is 28.6 Å². The van der Waals surface area contributed by atoms with Crippen LogP contribution in [0.4, 0.5) is 5.69 Å². The Morgan fingerprint density at radius 1 is 1.23 bits per heavy atom. The molecule has 0 bridgehead atoms. The number of benzene rings is 2. The van der Waals surface area contributed by atoms with E-state index in [2.05, 4.69) is 17.6 Å². The van der Waals surface area contributed by atoms with E-state index in [4.69, 9.17) is 0 Å². The van der Waals surface area contributed by atoms with Crippen molar-refractivity contribution in [1.29, 1.82) is 0 Å². The number of nitrogens with zero attached hydrogens (tertiary/aromatic N) is 2. The summed E-state index contributed by atoms with van der Waals surface area (Å²) in [5.41, 5.74) is 4.04. The van der Waals surface area contributed by atoms with Gasteiger partial charge in [-0.15, -0.1) is 0 Å². The third-order valence-corrected chi connectivity index (χ3v) is 4.91. The largest absolute Gasteiger partial charge is 0.356 e. The van der Waals surface area contributed by atoms with E-state index in [0.29, 0.717) is 6.54 Å². The molecular formula is C20H17N3O3. The van der Waals surface area contributed by atoms with Gasteiger partial charge in [0, 0.05) is 35.3 Å². The van der Waals surface area contributed by atoms with Crippen molar-refractivity contribution < 1.29 is 9.72 Å². The maximum atomic E-state index is 12.4. The average molecular weight is 347 g/mol. The Morgan fingerprint density at radius 2 is 1.96 bits per heavy atom. The molecule has 4 rings (SSSR count). The molecule has 0 fully saturated rings. The summed E-state index contributed by atoms with van der Waals surface area (Å²) in [6.07, 6.45) is 2.06. The number of nitro groups is 1. The van der Waals surface area contributed by atoms with Crippen molar-refractivity contribution >= 4 is 22.5 Å². The molecule has 1 aliphatic rings. The number of hydrogen-bond donors (Lipinski definition) is 1. The first-order valence-electron chi connectivity index (χ1n) is 8.37. The Labute approximate surface area is 149 Å². The van der Waals surface area contributed by atoms with Gasteiger partial charge in [0.25, 0.3) is 5.69 Å². The van der Waals surface area contributed by atoms with Crippen molar-refractivity contribution in [3.05, 3.63) is 88.1 Å². The predicted molar refractivity (Wildman–Crippen MR) is 98.9 cm³/mol. The van der Waals surface area contributed by atoms with E-state index in [9.17, 15) is 14.9 Å². The quantitative estimate of drug-likeness (QED) is 0.445. The summed E-state index contributed by atoms with van der Waals surface area (Å²) in [5, 5.41) is 12.1. The second kappa shape index (κ2) is 6.15. The van der Waals surface area contributed by atoms with Crippen molar-refractivity contribution in [3.8, 4) is 0 Å². The monoisotopic (exact) mass is 347 g/mol. The molecule has 1 aromatic heterocycles. The highest BCUT2D eigenvalue weighted by atomic mass is 16.6. The minimum Gasteiger partial charge on any atom is -0.356 e. The summed E-state index contributed by atoms with van der Waals surface area (Å²) in [7, 11) is 0. The van der Waals surface area contributed by atoms with Gasteiger partial charge in [0.1, 0.15) is 0 Å². The number of rotatable bonds is 3. The molecule has 1 unspecified atom stereocenters. The van der Waals surface area contributed by atoms with Gasteiger partial charge in [-0.25, -0.2) is 0 Å². The summed E-state index contributed by atoms with van der Waals surface area (Å²) in [6, 6.07) is 14.1. The Balaban J connectivity index is 1.88. The molecule has 0 spiro atoms.